The molecule has 0 aromatic heterocycles. The Hall–Kier alpha value is -1.96. The van der Waals surface area contributed by atoms with E-state index in [-0.39, 0.29) is 16.2 Å². The average Bonchev–Trinajstić information content (AvgIpc) is 2.89. The van der Waals surface area contributed by atoms with Crippen molar-refractivity contribution in [3.63, 3.8) is 0 Å². The van der Waals surface area contributed by atoms with E-state index in [1.54, 1.807) is 47.8 Å². The Balaban J connectivity index is 1.52. The first-order chi connectivity index (χ1) is 17.5. The standard InChI is InChI=1S/C29H31F2NOS3/c1-21-6-5-9-27(18-21)36-32-28(33-20-22-7-3-2-4-8-22)19-29(34-25-14-10-23(30)11-15-25)35-26-16-12-24(31)13-17-26/h5-6,9-18,22,29H,2-4,7-8,19-20H2,1H3. The topological polar surface area (TPSA) is 21.6 Å². The first-order valence-electron chi connectivity index (χ1n) is 12.3. The van der Waals surface area contributed by atoms with Crippen molar-refractivity contribution < 1.29 is 13.5 Å². The van der Waals surface area contributed by atoms with Crippen LogP contribution in [0.15, 0.2) is 91.9 Å². The fourth-order valence-electron chi connectivity index (χ4n) is 4.05. The van der Waals surface area contributed by atoms with Crippen LogP contribution in [0, 0.1) is 24.5 Å². The van der Waals surface area contributed by atoms with Gasteiger partial charge in [0.2, 0.25) is 0 Å². The van der Waals surface area contributed by atoms with Crippen LogP contribution in [-0.2, 0) is 4.74 Å². The van der Waals surface area contributed by atoms with Crippen LogP contribution in [0.2, 0.25) is 0 Å². The van der Waals surface area contributed by atoms with Crippen molar-refractivity contribution in [2.24, 2.45) is 10.3 Å². The van der Waals surface area contributed by atoms with E-state index in [0.717, 1.165) is 14.7 Å². The van der Waals surface area contributed by atoms with E-state index in [0.29, 0.717) is 24.8 Å². The van der Waals surface area contributed by atoms with Gasteiger partial charge in [-0.15, -0.1) is 23.5 Å². The van der Waals surface area contributed by atoms with Crippen molar-refractivity contribution in [3.8, 4) is 0 Å². The molecule has 0 aliphatic heterocycles. The SMILES string of the molecule is Cc1cccc(SN=C(CC(Sc2ccc(F)cc2)Sc2ccc(F)cc2)OCC2CCCCC2)c1. The Morgan fingerprint density at radius 1 is 0.861 bits per heavy atom. The molecular weight excluding hydrogens is 513 g/mol. The number of thioether (sulfide) groups is 2. The smallest absolute Gasteiger partial charge is 0.197 e. The number of rotatable bonds is 10. The van der Waals surface area contributed by atoms with E-state index in [1.807, 2.05) is 6.07 Å². The van der Waals surface area contributed by atoms with E-state index >= 15 is 0 Å². The summed E-state index contributed by atoms with van der Waals surface area (Å²) in [4.78, 5) is 3.01. The van der Waals surface area contributed by atoms with Crippen LogP contribution in [0.25, 0.3) is 0 Å². The summed E-state index contributed by atoms with van der Waals surface area (Å²) in [7, 11) is 0. The fourth-order valence-corrected chi connectivity index (χ4v) is 7.26. The molecule has 190 valence electrons. The highest BCUT2D eigenvalue weighted by atomic mass is 32.2. The number of hydrogen-bond acceptors (Lipinski definition) is 5. The van der Waals surface area contributed by atoms with Crippen LogP contribution >= 0.6 is 35.5 Å². The minimum atomic E-state index is -0.255. The Kier molecular flexibility index (Phi) is 10.6. The molecule has 0 heterocycles. The second-order valence-electron chi connectivity index (χ2n) is 8.99. The van der Waals surface area contributed by atoms with Crippen molar-refractivity contribution >= 4 is 41.4 Å². The predicted molar refractivity (Wildman–Crippen MR) is 150 cm³/mol. The fraction of sp³-hybridized carbons (Fsp3) is 0.345. The molecule has 0 saturated heterocycles. The molecule has 1 saturated carbocycles. The molecule has 1 aliphatic rings. The maximum atomic E-state index is 13.5. The summed E-state index contributed by atoms with van der Waals surface area (Å²) in [6.45, 7) is 2.76. The van der Waals surface area contributed by atoms with E-state index < -0.39 is 0 Å². The highest BCUT2D eigenvalue weighted by molar-refractivity contribution is 8.17. The third kappa shape index (κ3) is 9.16. The Labute approximate surface area is 225 Å². The molecule has 3 aromatic rings. The second kappa shape index (κ2) is 14.1. The van der Waals surface area contributed by atoms with E-state index in [2.05, 4.69) is 25.1 Å². The molecule has 1 aliphatic carbocycles. The lowest BCUT2D eigenvalue weighted by molar-refractivity contribution is 0.196. The zero-order valence-corrected chi connectivity index (χ0v) is 22.8. The molecule has 7 heteroatoms. The first kappa shape index (κ1) is 27.1. The van der Waals surface area contributed by atoms with Gasteiger partial charge in [0.15, 0.2) is 5.90 Å². The van der Waals surface area contributed by atoms with Gasteiger partial charge in [-0.1, -0.05) is 31.4 Å². The monoisotopic (exact) mass is 543 g/mol. The van der Waals surface area contributed by atoms with Crippen LogP contribution in [0.4, 0.5) is 8.78 Å². The number of benzene rings is 3. The van der Waals surface area contributed by atoms with Gasteiger partial charge >= 0.3 is 0 Å². The molecule has 3 aromatic carbocycles. The summed E-state index contributed by atoms with van der Waals surface area (Å²) in [5.41, 5.74) is 1.19. The van der Waals surface area contributed by atoms with Crippen LogP contribution in [0.1, 0.15) is 44.1 Å². The van der Waals surface area contributed by atoms with Crippen LogP contribution < -0.4 is 0 Å². The zero-order chi connectivity index (χ0) is 25.2. The average molecular weight is 544 g/mol. The van der Waals surface area contributed by atoms with E-state index in [4.69, 9.17) is 9.13 Å². The zero-order valence-electron chi connectivity index (χ0n) is 20.4. The Bertz CT molecular complexity index is 1070. The van der Waals surface area contributed by atoms with E-state index in [1.165, 1.54) is 73.9 Å². The summed E-state index contributed by atoms with van der Waals surface area (Å²) in [6.07, 6.45) is 6.85. The molecule has 0 unspecified atom stereocenters. The molecular formula is C29H31F2NOS3. The lowest BCUT2D eigenvalue weighted by Gasteiger charge is -2.23. The lowest BCUT2D eigenvalue weighted by atomic mass is 9.90. The third-order valence-corrected chi connectivity index (χ3v) is 9.24. The summed E-state index contributed by atoms with van der Waals surface area (Å²) in [5, 5.41) is 0. The number of nitrogens with zero attached hydrogens (tertiary/aromatic N) is 1. The number of hydrogen-bond donors (Lipinski definition) is 0. The summed E-state index contributed by atoms with van der Waals surface area (Å²) >= 11 is 4.72. The van der Waals surface area contributed by atoms with Gasteiger partial charge in [-0.3, -0.25) is 0 Å². The summed E-state index contributed by atoms with van der Waals surface area (Å²) in [6, 6.07) is 21.3. The van der Waals surface area contributed by atoms with Gasteiger partial charge in [-0.05, 0) is 91.9 Å². The van der Waals surface area contributed by atoms with Gasteiger partial charge in [0.25, 0.3) is 0 Å². The van der Waals surface area contributed by atoms with Crippen molar-refractivity contribution in [1.29, 1.82) is 0 Å². The van der Waals surface area contributed by atoms with Gasteiger partial charge in [-0.25, -0.2) is 8.78 Å². The number of halogens is 2. The predicted octanol–water partition coefficient (Wildman–Crippen LogP) is 9.58. The molecule has 4 rings (SSSR count). The third-order valence-electron chi connectivity index (χ3n) is 5.96. The van der Waals surface area contributed by atoms with Crippen LogP contribution in [0.5, 0.6) is 0 Å². The minimum absolute atomic E-state index is 0.0177. The van der Waals surface area contributed by atoms with Gasteiger partial charge in [0.05, 0.1) is 11.2 Å². The summed E-state index contributed by atoms with van der Waals surface area (Å²) in [5.74, 6) is 0.770. The number of ether oxygens (including phenoxy) is 1. The molecule has 2 nitrogen and oxygen atoms in total. The molecule has 0 N–H and O–H groups in total. The van der Waals surface area contributed by atoms with Crippen LogP contribution in [-0.4, -0.2) is 17.1 Å². The van der Waals surface area contributed by atoms with Crippen molar-refractivity contribution in [2.75, 3.05) is 6.61 Å². The molecule has 0 radical (unpaired) electrons. The molecule has 0 bridgehead atoms. The van der Waals surface area contributed by atoms with Gasteiger partial charge in [0.1, 0.15) is 11.6 Å². The minimum Gasteiger partial charge on any atom is -0.480 e. The Morgan fingerprint density at radius 2 is 1.47 bits per heavy atom. The quantitative estimate of drug-likeness (QED) is 0.0834. The lowest BCUT2D eigenvalue weighted by Crippen LogP contribution is -2.18. The largest absolute Gasteiger partial charge is 0.480 e. The maximum Gasteiger partial charge on any atom is 0.197 e. The van der Waals surface area contributed by atoms with Gasteiger partial charge in [-0.2, -0.15) is 4.40 Å². The molecule has 0 spiro atoms. The second-order valence-corrected chi connectivity index (χ2v) is 12.7. The molecule has 36 heavy (non-hydrogen) atoms. The normalized spacial score (nSPS) is 14.8. The van der Waals surface area contributed by atoms with Crippen molar-refractivity contribution in [1.82, 2.24) is 0 Å². The summed E-state index contributed by atoms with van der Waals surface area (Å²) < 4.78 is 38.2. The van der Waals surface area contributed by atoms with Gasteiger partial charge < -0.3 is 4.74 Å². The molecule has 0 atom stereocenters. The van der Waals surface area contributed by atoms with Crippen molar-refractivity contribution in [2.45, 2.75) is 64.7 Å². The highest BCUT2D eigenvalue weighted by Crippen LogP contribution is 2.38. The van der Waals surface area contributed by atoms with Gasteiger partial charge in [0, 0.05) is 33.1 Å². The maximum absolute atomic E-state index is 13.5. The van der Waals surface area contributed by atoms with E-state index in [9.17, 15) is 8.78 Å². The first-order valence-corrected chi connectivity index (χ1v) is 14.8. The van der Waals surface area contributed by atoms with Crippen LogP contribution in [0.3, 0.4) is 0 Å². The molecule has 1 fully saturated rings. The highest BCUT2D eigenvalue weighted by Gasteiger charge is 2.20. The Morgan fingerprint density at radius 3 is 2.06 bits per heavy atom. The molecule has 0 amide bonds. The number of aryl methyl sites for hydroxylation is 1. The van der Waals surface area contributed by atoms with Crippen molar-refractivity contribution in [3.05, 3.63) is 90.0 Å².